The standard InChI is InChI=1S/C35H36FN3O4/c36-29-13-17-32(18-14-29)43-31-15-11-27(12-16-31)23-34(40)33(26-42-25-28-7-3-1-4-8-28)37-35(41)24-38-19-21-39(22-20-38)30-9-5-2-6-10-30/h1-18,33H,19-26H2,(H,37,41)/t33-/m0/s1. The number of hydrogen-bond acceptors (Lipinski definition) is 6. The molecule has 0 saturated carbocycles. The fraction of sp³-hybridized carbons (Fsp3) is 0.257. The minimum atomic E-state index is -0.781. The number of Topliss-reactive ketones (excluding diaryl/α,β-unsaturated/α-hetero) is 1. The number of para-hydroxylation sites is 1. The maximum atomic E-state index is 13.4. The third kappa shape index (κ3) is 9.23. The average Bonchev–Trinajstić information content (AvgIpc) is 3.04. The molecule has 0 radical (unpaired) electrons. The van der Waals surface area contributed by atoms with Gasteiger partial charge in [-0.15, -0.1) is 0 Å². The van der Waals surface area contributed by atoms with Crippen LogP contribution >= 0.6 is 0 Å². The van der Waals surface area contributed by atoms with Crippen molar-refractivity contribution in [1.82, 2.24) is 10.2 Å². The second-order valence-electron chi connectivity index (χ2n) is 10.6. The second-order valence-corrected chi connectivity index (χ2v) is 10.6. The number of nitrogens with one attached hydrogen (secondary N) is 1. The maximum absolute atomic E-state index is 13.4. The molecule has 4 aromatic carbocycles. The highest BCUT2D eigenvalue weighted by atomic mass is 19.1. The number of carbonyl (C=O) groups is 2. The lowest BCUT2D eigenvalue weighted by Crippen LogP contribution is -2.52. The van der Waals surface area contributed by atoms with Gasteiger partial charge >= 0.3 is 0 Å². The Morgan fingerprint density at radius 1 is 0.744 bits per heavy atom. The molecule has 0 aliphatic carbocycles. The normalized spacial score (nSPS) is 14.2. The summed E-state index contributed by atoms with van der Waals surface area (Å²) in [6.07, 6.45) is 0.131. The fourth-order valence-corrected chi connectivity index (χ4v) is 4.97. The summed E-state index contributed by atoms with van der Waals surface area (Å²) >= 11 is 0. The molecule has 1 fully saturated rings. The first kappa shape index (κ1) is 29.9. The summed E-state index contributed by atoms with van der Waals surface area (Å²) in [6, 6.07) is 32.1. The van der Waals surface area contributed by atoms with E-state index in [0.29, 0.717) is 18.1 Å². The zero-order valence-corrected chi connectivity index (χ0v) is 24.0. The van der Waals surface area contributed by atoms with Crippen LogP contribution in [0.2, 0.25) is 0 Å². The lowest BCUT2D eigenvalue weighted by molar-refractivity contribution is -0.129. The SMILES string of the molecule is O=C(CN1CCN(c2ccccc2)CC1)N[C@@H](COCc1ccccc1)C(=O)Cc1ccc(Oc2ccc(F)cc2)cc1. The largest absolute Gasteiger partial charge is 0.457 e. The molecule has 1 amide bonds. The highest BCUT2D eigenvalue weighted by molar-refractivity contribution is 5.91. The molecule has 1 atom stereocenters. The van der Waals surface area contributed by atoms with Crippen molar-refractivity contribution in [3.8, 4) is 11.5 Å². The van der Waals surface area contributed by atoms with Gasteiger partial charge in [-0.2, -0.15) is 0 Å². The van der Waals surface area contributed by atoms with Gasteiger partial charge in [-0.3, -0.25) is 14.5 Å². The second kappa shape index (κ2) is 15.1. The smallest absolute Gasteiger partial charge is 0.234 e. The number of ketones is 1. The predicted molar refractivity (Wildman–Crippen MR) is 165 cm³/mol. The highest BCUT2D eigenvalue weighted by Gasteiger charge is 2.24. The predicted octanol–water partition coefficient (Wildman–Crippen LogP) is 5.25. The van der Waals surface area contributed by atoms with Crippen molar-refractivity contribution in [2.45, 2.75) is 19.1 Å². The van der Waals surface area contributed by atoms with Crippen LogP contribution in [-0.2, 0) is 27.4 Å². The number of benzene rings is 4. The van der Waals surface area contributed by atoms with Gasteiger partial charge in [-0.05, 0) is 59.7 Å². The molecule has 43 heavy (non-hydrogen) atoms. The topological polar surface area (TPSA) is 71.1 Å². The molecule has 1 aliphatic rings. The molecular formula is C35H36FN3O4. The molecule has 222 valence electrons. The van der Waals surface area contributed by atoms with Crippen LogP contribution in [0.3, 0.4) is 0 Å². The van der Waals surface area contributed by atoms with Gasteiger partial charge in [-0.25, -0.2) is 4.39 Å². The molecule has 0 unspecified atom stereocenters. The van der Waals surface area contributed by atoms with Crippen LogP contribution in [-0.4, -0.2) is 62.0 Å². The van der Waals surface area contributed by atoms with Gasteiger partial charge in [0.15, 0.2) is 5.78 Å². The van der Waals surface area contributed by atoms with E-state index in [0.717, 1.165) is 37.3 Å². The van der Waals surface area contributed by atoms with E-state index >= 15 is 0 Å². The van der Waals surface area contributed by atoms with E-state index in [4.69, 9.17) is 9.47 Å². The summed E-state index contributed by atoms with van der Waals surface area (Å²) in [6.45, 7) is 3.84. The van der Waals surface area contributed by atoms with E-state index in [1.54, 1.807) is 24.3 Å². The van der Waals surface area contributed by atoms with Gasteiger partial charge < -0.3 is 19.7 Å². The molecule has 8 heteroatoms. The van der Waals surface area contributed by atoms with Gasteiger partial charge in [0.2, 0.25) is 5.91 Å². The maximum Gasteiger partial charge on any atom is 0.234 e. The van der Waals surface area contributed by atoms with Crippen LogP contribution in [0.25, 0.3) is 0 Å². The number of carbonyl (C=O) groups excluding carboxylic acids is 2. The third-order valence-electron chi connectivity index (χ3n) is 7.33. The molecule has 0 bridgehead atoms. The first-order chi connectivity index (χ1) is 21.0. The zero-order chi connectivity index (χ0) is 29.9. The van der Waals surface area contributed by atoms with E-state index in [9.17, 15) is 14.0 Å². The minimum Gasteiger partial charge on any atom is -0.457 e. The number of hydrogen-bond donors (Lipinski definition) is 1. The van der Waals surface area contributed by atoms with Gasteiger partial charge in [0.25, 0.3) is 0 Å². The Morgan fingerprint density at radius 2 is 1.35 bits per heavy atom. The summed E-state index contributed by atoms with van der Waals surface area (Å²) in [7, 11) is 0. The molecule has 5 rings (SSSR count). The minimum absolute atomic E-state index is 0.0764. The molecule has 1 heterocycles. The number of halogens is 1. The summed E-state index contributed by atoms with van der Waals surface area (Å²) in [5.41, 5.74) is 2.96. The Balaban J connectivity index is 1.16. The van der Waals surface area contributed by atoms with E-state index in [2.05, 4.69) is 27.2 Å². The number of anilines is 1. The highest BCUT2D eigenvalue weighted by Crippen LogP contribution is 2.22. The molecule has 0 spiro atoms. The average molecular weight is 582 g/mol. The molecule has 1 aliphatic heterocycles. The molecule has 7 nitrogen and oxygen atoms in total. The van der Waals surface area contributed by atoms with Crippen molar-refractivity contribution in [1.29, 1.82) is 0 Å². The number of ether oxygens (including phenoxy) is 2. The van der Waals surface area contributed by atoms with E-state index < -0.39 is 6.04 Å². The van der Waals surface area contributed by atoms with Crippen LogP contribution in [0.4, 0.5) is 10.1 Å². The van der Waals surface area contributed by atoms with Crippen molar-refractivity contribution < 1.29 is 23.5 Å². The zero-order valence-electron chi connectivity index (χ0n) is 24.0. The van der Waals surface area contributed by atoms with Crippen LogP contribution in [0.1, 0.15) is 11.1 Å². The Bertz CT molecular complexity index is 1440. The Kier molecular flexibility index (Phi) is 10.5. The summed E-state index contributed by atoms with van der Waals surface area (Å²) in [5.74, 6) is 0.429. The van der Waals surface area contributed by atoms with E-state index in [1.165, 1.54) is 17.8 Å². The first-order valence-corrected chi connectivity index (χ1v) is 14.5. The molecule has 1 N–H and O–H groups in total. The number of nitrogens with zero attached hydrogens (tertiary/aromatic N) is 2. The molecular weight excluding hydrogens is 545 g/mol. The first-order valence-electron chi connectivity index (χ1n) is 14.5. The van der Waals surface area contributed by atoms with Gasteiger partial charge in [0, 0.05) is 38.3 Å². The lowest BCUT2D eigenvalue weighted by atomic mass is 10.0. The van der Waals surface area contributed by atoms with Crippen molar-refractivity contribution in [3.63, 3.8) is 0 Å². The molecule has 0 aromatic heterocycles. The van der Waals surface area contributed by atoms with Gasteiger partial charge in [-0.1, -0.05) is 60.7 Å². The Hall–Kier alpha value is -4.53. The van der Waals surface area contributed by atoms with Crippen molar-refractivity contribution in [2.24, 2.45) is 0 Å². The van der Waals surface area contributed by atoms with E-state index in [-0.39, 0.29) is 37.1 Å². The molecule has 4 aromatic rings. The number of piperazine rings is 1. The quantitative estimate of drug-likeness (QED) is 0.233. The monoisotopic (exact) mass is 581 g/mol. The van der Waals surface area contributed by atoms with Crippen LogP contribution in [0.5, 0.6) is 11.5 Å². The van der Waals surface area contributed by atoms with Crippen LogP contribution in [0, 0.1) is 5.82 Å². The van der Waals surface area contributed by atoms with Crippen molar-refractivity contribution in [2.75, 3.05) is 44.2 Å². The van der Waals surface area contributed by atoms with Crippen molar-refractivity contribution >= 4 is 17.4 Å². The summed E-state index contributed by atoms with van der Waals surface area (Å²) in [4.78, 5) is 30.9. The Labute approximate surface area is 251 Å². The fourth-order valence-electron chi connectivity index (χ4n) is 4.97. The lowest BCUT2D eigenvalue weighted by Gasteiger charge is -2.35. The number of rotatable bonds is 13. The van der Waals surface area contributed by atoms with Crippen LogP contribution in [0.15, 0.2) is 109 Å². The number of amides is 1. The van der Waals surface area contributed by atoms with E-state index in [1.807, 2.05) is 60.7 Å². The van der Waals surface area contributed by atoms with Crippen LogP contribution < -0.4 is 15.0 Å². The van der Waals surface area contributed by atoms with Gasteiger partial charge in [0.1, 0.15) is 23.4 Å². The third-order valence-corrected chi connectivity index (χ3v) is 7.33. The van der Waals surface area contributed by atoms with Crippen molar-refractivity contribution in [3.05, 3.63) is 126 Å². The summed E-state index contributed by atoms with van der Waals surface area (Å²) < 4.78 is 24.8. The van der Waals surface area contributed by atoms with Gasteiger partial charge in [0.05, 0.1) is 19.8 Å². The summed E-state index contributed by atoms with van der Waals surface area (Å²) in [5, 5.41) is 2.94. The molecule has 1 saturated heterocycles. The Morgan fingerprint density at radius 3 is 2.00 bits per heavy atom.